The number of nitriles is 1. The van der Waals surface area contributed by atoms with E-state index in [0.717, 1.165) is 5.56 Å². The summed E-state index contributed by atoms with van der Waals surface area (Å²) in [5.74, 6) is 1.30. The molecule has 0 bridgehead atoms. The number of nitrogens with zero attached hydrogens (tertiary/aromatic N) is 1. The predicted octanol–water partition coefficient (Wildman–Crippen LogP) is 1.78. The van der Waals surface area contributed by atoms with E-state index in [-0.39, 0.29) is 0 Å². The van der Waals surface area contributed by atoms with Crippen LogP contribution in [0.5, 0.6) is 11.5 Å². The summed E-state index contributed by atoms with van der Waals surface area (Å²) in [5.41, 5.74) is 0.806. The highest BCUT2D eigenvalue weighted by atomic mass is 16.5. The molecule has 0 amide bonds. The Bertz CT molecular complexity index is 328. The van der Waals surface area contributed by atoms with E-state index in [9.17, 15) is 0 Å². The van der Waals surface area contributed by atoms with Gasteiger partial charge in [0.1, 0.15) is 0 Å². The van der Waals surface area contributed by atoms with Gasteiger partial charge in [-0.2, -0.15) is 5.26 Å². The number of rotatable bonds is 3. The molecule has 0 aliphatic heterocycles. The van der Waals surface area contributed by atoms with Crippen LogP contribution in [0.25, 0.3) is 0 Å². The van der Waals surface area contributed by atoms with E-state index >= 15 is 0 Å². The number of benzene rings is 1. The van der Waals surface area contributed by atoms with Crippen LogP contribution in [0.2, 0.25) is 0 Å². The molecule has 0 spiro atoms. The van der Waals surface area contributed by atoms with Crippen LogP contribution < -0.4 is 9.47 Å². The third-order valence-corrected chi connectivity index (χ3v) is 1.64. The van der Waals surface area contributed by atoms with E-state index in [4.69, 9.17) is 14.7 Å². The number of hydrogen-bond acceptors (Lipinski definition) is 3. The molecule has 0 aromatic heterocycles. The average molecular weight is 176 g/mol. The Labute approximate surface area is 77.5 Å². The molecule has 3 nitrogen and oxygen atoms in total. The van der Waals surface area contributed by atoms with Crippen LogP contribution in [0.4, 0.5) is 0 Å². The second-order valence-corrected chi connectivity index (χ2v) is 2.39. The first-order valence-corrected chi connectivity index (χ1v) is 3.76. The zero-order chi connectivity index (χ0) is 9.68. The van der Waals surface area contributed by atoms with Gasteiger partial charge >= 0.3 is 0 Å². The lowest BCUT2D eigenvalue weighted by Crippen LogP contribution is -1.91. The topological polar surface area (TPSA) is 42.2 Å². The molecule has 1 rings (SSSR count). The van der Waals surface area contributed by atoms with Crippen LogP contribution in [0.1, 0.15) is 5.56 Å². The Morgan fingerprint density at radius 2 is 1.92 bits per heavy atom. The van der Waals surface area contributed by atoms with Crippen molar-refractivity contribution in [3.05, 3.63) is 30.2 Å². The van der Waals surface area contributed by atoms with Crippen LogP contribution in [-0.2, 0) is 0 Å². The molecular formula is C10H10NO2. The molecule has 0 heterocycles. The molecule has 1 radical (unpaired) electrons. The first-order chi connectivity index (χ1) is 6.31. The van der Waals surface area contributed by atoms with Crippen molar-refractivity contribution in [2.45, 2.75) is 0 Å². The van der Waals surface area contributed by atoms with E-state index in [1.165, 1.54) is 6.42 Å². The number of methoxy groups -OCH3 is 2. The highest BCUT2D eigenvalue weighted by Gasteiger charge is 2.03. The van der Waals surface area contributed by atoms with Gasteiger partial charge in [0.2, 0.25) is 0 Å². The number of hydrogen-bond donors (Lipinski definition) is 0. The van der Waals surface area contributed by atoms with Crippen LogP contribution in [-0.4, -0.2) is 14.2 Å². The monoisotopic (exact) mass is 176 g/mol. The Kier molecular flexibility index (Phi) is 3.15. The van der Waals surface area contributed by atoms with Crippen LogP contribution in [0.15, 0.2) is 18.2 Å². The Morgan fingerprint density at radius 1 is 1.23 bits per heavy atom. The first-order valence-electron chi connectivity index (χ1n) is 3.76. The van der Waals surface area contributed by atoms with Crippen LogP contribution >= 0.6 is 0 Å². The minimum absolute atomic E-state index is 0.631. The lowest BCUT2D eigenvalue weighted by molar-refractivity contribution is 0.355. The van der Waals surface area contributed by atoms with Crippen molar-refractivity contribution in [2.24, 2.45) is 0 Å². The zero-order valence-corrected chi connectivity index (χ0v) is 7.57. The molecule has 0 fully saturated rings. The predicted molar refractivity (Wildman–Crippen MR) is 48.6 cm³/mol. The fraction of sp³-hybridized carbons (Fsp3) is 0.200. The number of ether oxygens (including phenoxy) is 2. The van der Waals surface area contributed by atoms with Gasteiger partial charge in [-0.05, 0) is 17.7 Å². The maximum Gasteiger partial charge on any atom is 0.161 e. The summed E-state index contributed by atoms with van der Waals surface area (Å²) in [5, 5.41) is 8.43. The summed E-state index contributed by atoms with van der Waals surface area (Å²) >= 11 is 0. The van der Waals surface area contributed by atoms with Gasteiger partial charge in [-0.15, -0.1) is 0 Å². The van der Waals surface area contributed by atoms with Crippen molar-refractivity contribution in [3.63, 3.8) is 0 Å². The van der Waals surface area contributed by atoms with Gasteiger partial charge in [0.25, 0.3) is 0 Å². The largest absolute Gasteiger partial charge is 0.493 e. The van der Waals surface area contributed by atoms with Crippen molar-refractivity contribution in [2.75, 3.05) is 14.2 Å². The third kappa shape index (κ3) is 2.12. The smallest absolute Gasteiger partial charge is 0.161 e. The fourth-order valence-corrected chi connectivity index (χ4v) is 1.02. The summed E-state index contributed by atoms with van der Waals surface area (Å²) in [6.45, 7) is 0. The first kappa shape index (κ1) is 9.40. The van der Waals surface area contributed by atoms with Crippen molar-refractivity contribution in [3.8, 4) is 17.6 Å². The second kappa shape index (κ2) is 4.36. The van der Waals surface area contributed by atoms with Gasteiger partial charge in [-0.3, -0.25) is 0 Å². The summed E-state index contributed by atoms with van der Waals surface area (Å²) in [7, 11) is 3.14. The normalized spacial score (nSPS) is 9.00. The molecular weight excluding hydrogens is 166 g/mol. The van der Waals surface area contributed by atoms with Gasteiger partial charge in [0, 0.05) is 0 Å². The lowest BCUT2D eigenvalue weighted by atomic mass is 10.1. The van der Waals surface area contributed by atoms with E-state index < -0.39 is 0 Å². The summed E-state index contributed by atoms with van der Waals surface area (Å²) in [6, 6.07) is 7.27. The lowest BCUT2D eigenvalue weighted by Gasteiger charge is -2.07. The molecule has 1 aromatic rings. The van der Waals surface area contributed by atoms with Gasteiger partial charge in [-0.25, -0.2) is 0 Å². The van der Waals surface area contributed by atoms with Crippen molar-refractivity contribution >= 4 is 0 Å². The molecule has 13 heavy (non-hydrogen) atoms. The maximum atomic E-state index is 8.43. The fourth-order valence-electron chi connectivity index (χ4n) is 1.02. The molecule has 3 heteroatoms. The molecule has 0 atom stereocenters. The molecule has 0 aliphatic carbocycles. The standard InChI is InChI=1S/C10H10NO2/c1-12-9-4-3-8(5-6-11)7-10(9)13-2/h3-5,7H,1-2H3. The zero-order valence-electron chi connectivity index (χ0n) is 7.57. The minimum atomic E-state index is 0.631. The minimum Gasteiger partial charge on any atom is -0.493 e. The summed E-state index contributed by atoms with van der Waals surface area (Å²) in [6.07, 6.45) is 1.45. The van der Waals surface area contributed by atoms with Gasteiger partial charge in [0.15, 0.2) is 11.5 Å². The van der Waals surface area contributed by atoms with Crippen LogP contribution in [0.3, 0.4) is 0 Å². The SMILES string of the molecule is COc1ccc([CH]C#N)cc1OC. The molecule has 0 unspecified atom stereocenters. The Morgan fingerprint density at radius 3 is 2.46 bits per heavy atom. The Hall–Kier alpha value is -1.69. The molecule has 1 aromatic carbocycles. The summed E-state index contributed by atoms with van der Waals surface area (Å²) in [4.78, 5) is 0. The van der Waals surface area contributed by atoms with Gasteiger partial charge < -0.3 is 9.47 Å². The molecule has 67 valence electrons. The van der Waals surface area contributed by atoms with E-state index in [0.29, 0.717) is 11.5 Å². The molecule has 0 saturated heterocycles. The van der Waals surface area contributed by atoms with E-state index in [2.05, 4.69) is 0 Å². The van der Waals surface area contributed by atoms with E-state index in [1.807, 2.05) is 6.07 Å². The third-order valence-electron chi connectivity index (χ3n) is 1.64. The van der Waals surface area contributed by atoms with E-state index in [1.54, 1.807) is 32.4 Å². The molecule has 0 aliphatic rings. The van der Waals surface area contributed by atoms with Gasteiger partial charge in [-0.1, -0.05) is 6.07 Å². The average Bonchev–Trinajstić information content (AvgIpc) is 2.18. The Balaban J connectivity index is 3.00. The summed E-state index contributed by atoms with van der Waals surface area (Å²) < 4.78 is 10.1. The highest BCUT2D eigenvalue weighted by molar-refractivity contribution is 5.46. The van der Waals surface area contributed by atoms with Gasteiger partial charge in [0.05, 0.1) is 26.7 Å². The second-order valence-electron chi connectivity index (χ2n) is 2.39. The van der Waals surface area contributed by atoms with Crippen LogP contribution in [0, 0.1) is 17.8 Å². The quantitative estimate of drug-likeness (QED) is 0.705. The van der Waals surface area contributed by atoms with Crippen molar-refractivity contribution in [1.82, 2.24) is 0 Å². The van der Waals surface area contributed by atoms with Crippen molar-refractivity contribution in [1.29, 1.82) is 5.26 Å². The van der Waals surface area contributed by atoms with Crippen molar-refractivity contribution < 1.29 is 9.47 Å². The molecule has 0 saturated carbocycles. The maximum absolute atomic E-state index is 8.43. The molecule has 0 N–H and O–H groups in total. The highest BCUT2D eigenvalue weighted by Crippen LogP contribution is 2.27.